The third-order valence-electron chi connectivity index (χ3n) is 2.74. The van der Waals surface area contributed by atoms with Gasteiger partial charge in [0.1, 0.15) is 0 Å². The summed E-state index contributed by atoms with van der Waals surface area (Å²) in [7, 11) is 1.31. The van der Waals surface area contributed by atoms with Crippen LogP contribution in [-0.2, 0) is 4.74 Å². The Kier molecular flexibility index (Phi) is 3.23. The number of carbonyl (C=O) groups excluding carboxylic acids is 1. The molecule has 0 radical (unpaired) electrons. The van der Waals surface area contributed by atoms with E-state index in [0.717, 1.165) is 0 Å². The molecular formula is C12H7BrClN3O3. The van der Waals surface area contributed by atoms with E-state index in [0.29, 0.717) is 32.3 Å². The molecule has 3 rings (SSSR count). The molecular weight excluding hydrogens is 350 g/mol. The molecule has 0 aliphatic heterocycles. The molecule has 3 aromatic heterocycles. The Morgan fingerprint density at radius 2 is 2.30 bits per heavy atom. The average molecular weight is 357 g/mol. The van der Waals surface area contributed by atoms with E-state index in [1.54, 1.807) is 16.7 Å². The third kappa shape index (κ3) is 1.99. The number of hydrogen-bond acceptors (Lipinski definition) is 5. The smallest absolute Gasteiger partial charge is 0.339 e. The van der Waals surface area contributed by atoms with E-state index in [9.17, 15) is 4.79 Å². The first-order valence-corrected chi connectivity index (χ1v) is 6.65. The summed E-state index contributed by atoms with van der Waals surface area (Å²) in [6.07, 6.45) is 3.09. The molecule has 3 heterocycles. The Hall–Kier alpha value is -1.86. The molecule has 0 fully saturated rings. The normalized spacial score (nSPS) is 10.9. The predicted octanol–water partition coefficient (Wildman–Crippen LogP) is 3.19. The van der Waals surface area contributed by atoms with E-state index < -0.39 is 5.97 Å². The van der Waals surface area contributed by atoms with Crippen LogP contribution in [0.15, 0.2) is 33.7 Å². The molecule has 0 aromatic carbocycles. The summed E-state index contributed by atoms with van der Waals surface area (Å²) in [5, 5.41) is 8.39. The number of nitrogens with zero attached hydrogens (tertiary/aromatic N) is 3. The molecule has 0 bridgehead atoms. The van der Waals surface area contributed by atoms with Crippen LogP contribution in [0.5, 0.6) is 0 Å². The third-order valence-corrected chi connectivity index (χ3v) is 3.63. The minimum atomic E-state index is -0.486. The zero-order valence-corrected chi connectivity index (χ0v) is 12.5. The highest BCUT2D eigenvalue weighted by molar-refractivity contribution is 9.10. The van der Waals surface area contributed by atoms with Crippen molar-refractivity contribution in [3.63, 3.8) is 0 Å². The summed E-state index contributed by atoms with van der Waals surface area (Å²) >= 11 is 9.39. The Morgan fingerprint density at radius 1 is 1.50 bits per heavy atom. The van der Waals surface area contributed by atoms with Gasteiger partial charge >= 0.3 is 5.97 Å². The lowest BCUT2D eigenvalue weighted by atomic mass is 10.2. The number of methoxy groups -OCH3 is 1. The molecule has 0 amide bonds. The summed E-state index contributed by atoms with van der Waals surface area (Å²) < 4.78 is 12.0. The van der Waals surface area contributed by atoms with Gasteiger partial charge in [-0.1, -0.05) is 11.6 Å². The standard InChI is InChI=1S/C12H7BrClN3O3/c1-19-12(18)6-4-8(14)11-16-15-10(17(11)5-6)7-2-3-20-9(7)13/h2-5H,1H3. The van der Waals surface area contributed by atoms with Crippen molar-refractivity contribution in [1.82, 2.24) is 14.6 Å². The first kappa shape index (κ1) is 13.1. The van der Waals surface area contributed by atoms with Crippen LogP contribution in [0, 0.1) is 0 Å². The van der Waals surface area contributed by atoms with Gasteiger partial charge in [-0.05, 0) is 28.1 Å². The van der Waals surface area contributed by atoms with Gasteiger partial charge in [0.2, 0.25) is 0 Å². The maximum absolute atomic E-state index is 11.6. The number of fused-ring (bicyclic) bond motifs is 1. The quantitative estimate of drug-likeness (QED) is 0.660. The second-order valence-corrected chi connectivity index (χ2v) is 5.02. The van der Waals surface area contributed by atoms with Crippen molar-refractivity contribution in [2.24, 2.45) is 0 Å². The molecule has 0 saturated carbocycles. The molecule has 0 spiro atoms. The highest BCUT2D eigenvalue weighted by Crippen LogP contribution is 2.30. The minimum absolute atomic E-state index is 0.311. The van der Waals surface area contributed by atoms with E-state index in [-0.39, 0.29) is 0 Å². The van der Waals surface area contributed by atoms with Gasteiger partial charge < -0.3 is 9.15 Å². The summed E-state index contributed by atoms with van der Waals surface area (Å²) in [5.74, 6) is 0.0213. The molecule has 20 heavy (non-hydrogen) atoms. The number of carbonyl (C=O) groups is 1. The zero-order chi connectivity index (χ0) is 14.3. The van der Waals surface area contributed by atoms with Gasteiger partial charge in [0, 0.05) is 6.20 Å². The van der Waals surface area contributed by atoms with Crippen molar-refractivity contribution >= 4 is 39.1 Å². The van der Waals surface area contributed by atoms with Gasteiger partial charge in [0.15, 0.2) is 16.1 Å². The number of pyridine rings is 1. The van der Waals surface area contributed by atoms with Crippen LogP contribution in [0.3, 0.4) is 0 Å². The van der Waals surface area contributed by atoms with Gasteiger partial charge in [0.25, 0.3) is 0 Å². The Balaban J connectivity index is 2.28. The highest BCUT2D eigenvalue weighted by Gasteiger charge is 2.18. The fraction of sp³-hybridized carbons (Fsp3) is 0.0833. The highest BCUT2D eigenvalue weighted by atomic mass is 79.9. The molecule has 102 valence electrons. The van der Waals surface area contributed by atoms with Crippen LogP contribution in [-0.4, -0.2) is 27.7 Å². The van der Waals surface area contributed by atoms with E-state index in [2.05, 4.69) is 26.1 Å². The number of ether oxygens (including phenoxy) is 1. The summed E-state index contributed by atoms with van der Waals surface area (Å²) in [5.41, 5.74) is 1.46. The number of esters is 1. The summed E-state index contributed by atoms with van der Waals surface area (Å²) in [6.45, 7) is 0. The predicted molar refractivity (Wildman–Crippen MR) is 74.7 cm³/mol. The lowest BCUT2D eigenvalue weighted by molar-refractivity contribution is 0.0600. The van der Waals surface area contributed by atoms with Crippen LogP contribution in [0.2, 0.25) is 5.02 Å². The van der Waals surface area contributed by atoms with Crippen molar-refractivity contribution in [1.29, 1.82) is 0 Å². The van der Waals surface area contributed by atoms with Crippen LogP contribution >= 0.6 is 27.5 Å². The molecule has 6 nitrogen and oxygen atoms in total. The van der Waals surface area contributed by atoms with Crippen LogP contribution in [0.4, 0.5) is 0 Å². The van der Waals surface area contributed by atoms with E-state index in [4.69, 9.17) is 20.8 Å². The fourth-order valence-corrected chi connectivity index (χ4v) is 2.48. The number of hydrogen-bond donors (Lipinski definition) is 0. The fourth-order valence-electron chi connectivity index (χ4n) is 1.82. The van der Waals surface area contributed by atoms with Gasteiger partial charge in [-0.3, -0.25) is 4.40 Å². The second-order valence-electron chi connectivity index (χ2n) is 3.89. The molecule has 0 saturated heterocycles. The van der Waals surface area contributed by atoms with Crippen molar-refractivity contribution in [3.8, 4) is 11.4 Å². The van der Waals surface area contributed by atoms with Crippen molar-refractivity contribution < 1.29 is 13.9 Å². The second kappa shape index (κ2) is 4.92. The van der Waals surface area contributed by atoms with Crippen LogP contribution in [0.25, 0.3) is 17.0 Å². The number of aromatic nitrogens is 3. The maximum atomic E-state index is 11.6. The first-order chi connectivity index (χ1) is 9.61. The molecule has 0 atom stereocenters. The van der Waals surface area contributed by atoms with Gasteiger partial charge in [-0.2, -0.15) is 0 Å². The van der Waals surface area contributed by atoms with Crippen molar-refractivity contribution in [3.05, 3.63) is 39.8 Å². The summed E-state index contributed by atoms with van der Waals surface area (Å²) in [6, 6.07) is 3.23. The van der Waals surface area contributed by atoms with E-state index in [1.807, 2.05) is 0 Å². The van der Waals surface area contributed by atoms with Gasteiger partial charge in [-0.25, -0.2) is 4.79 Å². The molecule has 0 aliphatic rings. The average Bonchev–Trinajstić information content (AvgIpc) is 3.03. The van der Waals surface area contributed by atoms with Gasteiger partial charge in [0.05, 0.1) is 29.5 Å². The Labute approximate surface area is 126 Å². The monoisotopic (exact) mass is 355 g/mol. The minimum Gasteiger partial charge on any atom is -0.465 e. The molecule has 0 unspecified atom stereocenters. The van der Waals surface area contributed by atoms with E-state index in [1.165, 1.54) is 19.4 Å². The van der Waals surface area contributed by atoms with E-state index >= 15 is 0 Å². The number of halogens is 2. The van der Waals surface area contributed by atoms with Crippen LogP contribution < -0.4 is 0 Å². The van der Waals surface area contributed by atoms with Gasteiger partial charge in [-0.15, -0.1) is 10.2 Å². The maximum Gasteiger partial charge on any atom is 0.339 e. The molecule has 0 aliphatic carbocycles. The lowest BCUT2D eigenvalue weighted by Gasteiger charge is -2.03. The van der Waals surface area contributed by atoms with Crippen LogP contribution in [0.1, 0.15) is 10.4 Å². The lowest BCUT2D eigenvalue weighted by Crippen LogP contribution is -2.03. The van der Waals surface area contributed by atoms with Crippen molar-refractivity contribution in [2.45, 2.75) is 0 Å². The molecule has 8 heteroatoms. The first-order valence-electron chi connectivity index (χ1n) is 5.47. The summed E-state index contributed by atoms with van der Waals surface area (Å²) in [4.78, 5) is 11.6. The topological polar surface area (TPSA) is 69.6 Å². The number of rotatable bonds is 2. The Bertz CT molecular complexity index is 811. The molecule has 3 aromatic rings. The SMILES string of the molecule is COC(=O)c1cc(Cl)c2nnc(-c3ccoc3Br)n2c1. The zero-order valence-electron chi connectivity index (χ0n) is 10.1. The molecule has 0 N–H and O–H groups in total. The van der Waals surface area contributed by atoms with Crippen molar-refractivity contribution in [2.75, 3.05) is 7.11 Å². The largest absolute Gasteiger partial charge is 0.465 e. The Morgan fingerprint density at radius 3 is 2.95 bits per heavy atom. The number of furan rings is 1.